The fraction of sp³-hybridized carbons (Fsp3) is 0.0217. The first-order valence-electron chi connectivity index (χ1n) is 33.8. The van der Waals surface area contributed by atoms with Crippen molar-refractivity contribution < 1.29 is 0 Å². The standard InChI is InChI=1S/C51H33N5.C41H30N2/c1-4-14-34(15-5-1)49-52-50(35-16-6-2-7-17-35)54-51(53-49)36-24-28-40(29-25-36)56-46-23-13-11-21-42(46)44-33-38(27-31-48(44)56)37-26-30-47-43(32-37)41-20-10-12-22-45(41)55(47)39-18-8-3-9-19-39;1-2-39-42-37-18-10-11-19-38(37)43(39)32-26-24-31(25-27-32)41-35-16-8-6-14-33(35)40(34-15-7-9-17-36(34)41)30-22-20-29(21-23-30)28-12-4-3-5-13-28/h1-33H;3-27H,2H2,1H3. The van der Waals surface area contributed by atoms with E-state index in [1.807, 2.05) is 60.7 Å². The lowest BCUT2D eigenvalue weighted by Gasteiger charge is -2.18. The van der Waals surface area contributed by atoms with Crippen LogP contribution in [0.3, 0.4) is 0 Å². The molecule has 0 aliphatic rings. The Morgan fingerprint density at radius 1 is 0.212 bits per heavy atom. The molecule has 7 nitrogen and oxygen atoms in total. The third-order valence-electron chi connectivity index (χ3n) is 19.3. The van der Waals surface area contributed by atoms with Crippen LogP contribution in [0.25, 0.3) is 172 Å². The molecule has 19 rings (SSSR count). The number of aromatic nitrogens is 7. The zero-order valence-corrected chi connectivity index (χ0v) is 54.3. The van der Waals surface area contributed by atoms with Crippen molar-refractivity contribution in [3.05, 3.63) is 358 Å². The van der Waals surface area contributed by atoms with Gasteiger partial charge in [-0.05, 0) is 163 Å². The maximum absolute atomic E-state index is 4.95. The van der Waals surface area contributed by atoms with E-state index in [1.165, 1.54) is 98.6 Å². The molecule has 7 heteroatoms. The summed E-state index contributed by atoms with van der Waals surface area (Å²) in [5.41, 5.74) is 22.9. The van der Waals surface area contributed by atoms with Gasteiger partial charge in [-0.15, -0.1) is 0 Å². The van der Waals surface area contributed by atoms with Crippen LogP contribution in [0, 0.1) is 0 Å². The summed E-state index contributed by atoms with van der Waals surface area (Å²) in [6.07, 6.45) is 0.875. The van der Waals surface area contributed by atoms with Gasteiger partial charge in [0.15, 0.2) is 17.5 Å². The second-order valence-electron chi connectivity index (χ2n) is 25.1. The van der Waals surface area contributed by atoms with Crippen LogP contribution in [0.15, 0.2) is 352 Å². The molecule has 19 aromatic rings. The Kier molecular flexibility index (Phi) is 14.7. The Labute approximate surface area is 573 Å². The zero-order chi connectivity index (χ0) is 65.8. The van der Waals surface area contributed by atoms with E-state index in [0.29, 0.717) is 17.5 Å². The van der Waals surface area contributed by atoms with Crippen molar-refractivity contribution in [3.63, 3.8) is 0 Å². The summed E-state index contributed by atoms with van der Waals surface area (Å²) in [6, 6.07) is 125. The van der Waals surface area contributed by atoms with Crippen LogP contribution in [0.1, 0.15) is 12.7 Å². The van der Waals surface area contributed by atoms with Crippen molar-refractivity contribution in [2.45, 2.75) is 13.3 Å². The number of benzene rings is 15. The van der Waals surface area contributed by atoms with Gasteiger partial charge in [0.2, 0.25) is 0 Å². The Balaban J connectivity index is 0.000000148. The molecule has 0 radical (unpaired) electrons. The Hall–Kier alpha value is -13.1. The number of para-hydroxylation sites is 5. The molecule has 0 fully saturated rings. The molecule has 99 heavy (non-hydrogen) atoms. The van der Waals surface area contributed by atoms with Gasteiger partial charge in [-0.2, -0.15) is 0 Å². The molecule has 0 N–H and O–H groups in total. The molecule has 0 amide bonds. The predicted octanol–water partition coefficient (Wildman–Crippen LogP) is 23.6. The summed E-state index contributed by atoms with van der Waals surface area (Å²) >= 11 is 0. The van der Waals surface area contributed by atoms with E-state index in [9.17, 15) is 0 Å². The molecule has 0 aliphatic carbocycles. The van der Waals surface area contributed by atoms with E-state index in [2.05, 4.69) is 312 Å². The van der Waals surface area contributed by atoms with Crippen molar-refractivity contribution in [1.29, 1.82) is 0 Å². The number of hydrogen-bond acceptors (Lipinski definition) is 4. The topological polar surface area (TPSA) is 66.3 Å². The van der Waals surface area contributed by atoms with Gasteiger partial charge in [-0.3, -0.25) is 4.57 Å². The van der Waals surface area contributed by atoms with Gasteiger partial charge < -0.3 is 9.13 Å². The normalized spacial score (nSPS) is 11.5. The van der Waals surface area contributed by atoms with Gasteiger partial charge >= 0.3 is 0 Å². The number of nitrogens with zero attached hydrogens (tertiary/aromatic N) is 7. The highest BCUT2D eigenvalue weighted by molar-refractivity contribution is 6.21. The highest BCUT2D eigenvalue weighted by Crippen LogP contribution is 2.45. The number of aryl methyl sites for hydroxylation is 1. The van der Waals surface area contributed by atoms with E-state index in [0.717, 1.165) is 68.1 Å². The smallest absolute Gasteiger partial charge is 0.164 e. The molecular formula is C92H63N7. The zero-order valence-electron chi connectivity index (χ0n) is 54.3. The minimum atomic E-state index is 0.639. The third-order valence-corrected chi connectivity index (χ3v) is 19.3. The number of hydrogen-bond donors (Lipinski definition) is 0. The summed E-state index contributed by atoms with van der Waals surface area (Å²) in [5, 5.41) is 9.98. The van der Waals surface area contributed by atoms with E-state index in [4.69, 9.17) is 19.9 Å². The van der Waals surface area contributed by atoms with Gasteiger partial charge in [-0.25, -0.2) is 19.9 Å². The highest BCUT2D eigenvalue weighted by atomic mass is 15.1. The van der Waals surface area contributed by atoms with E-state index >= 15 is 0 Å². The minimum Gasteiger partial charge on any atom is -0.309 e. The van der Waals surface area contributed by atoms with Crippen LogP contribution < -0.4 is 0 Å². The Morgan fingerprint density at radius 2 is 0.515 bits per heavy atom. The average Bonchev–Trinajstić information content (AvgIpc) is 1.74. The van der Waals surface area contributed by atoms with Gasteiger partial charge in [0.05, 0.1) is 33.1 Å². The van der Waals surface area contributed by atoms with Crippen molar-refractivity contribution >= 4 is 76.2 Å². The minimum absolute atomic E-state index is 0.639. The Morgan fingerprint density at radius 3 is 0.970 bits per heavy atom. The SMILES string of the molecule is CCc1nc2ccccc2n1-c1ccc(-c2c3ccccc3c(-c3ccc(-c4ccccc4)cc3)c3ccccc23)cc1.c1ccc(-c2nc(-c3ccccc3)nc(-c3ccc(-n4c5ccccc5c5cc(-c6ccc7c(c6)c6ccccc6n7-c6ccccc6)ccc54)cc3)n2)cc1. The molecule has 0 spiro atoms. The second-order valence-corrected chi connectivity index (χ2v) is 25.1. The lowest BCUT2D eigenvalue weighted by Crippen LogP contribution is -2.00. The summed E-state index contributed by atoms with van der Waals surface area (Å²) in [4.78, 5) is 19.7. The maximum Gasteiger partial charge on any atom is 0.164 e. The van der Waals surface area contributed by atoms with E-state index in [-0.39, 0.29) is 0 Å². The molecule has 0 bridgehead atoms. The molecule has 0 saturated heterocycles. The van der Waals surface area contributed by atoms with Crippen LogP contribution in [0.4, 0.5) is 0 Å². The summed E-state index contributed by atoms with van der Waals surface area (Å²) < 4.78 is 7.01. The maximum atomic E-state index is 4.95. The number of fused-ring (bicyclic) bond motifs is 9. The Bertz CT molecular complexity index is 6100. The molecule has 15 aromatic carbocycles. The number of rotatable bonds is 11. The fourth-order valence-electron chi connectivity index (χ4n) is 14.7. The molecule has 4 heterocycles. The lowest BCUT2D eigenvalue weighted by atomic mass is 9.85. The third kappa shape index (κ3) is 10.5. The summed E-state index contributed by atoms with van der Waals surface area (Å²) in [5.74, 6) is 3.02. The van der Waals surface area contributed by atoms with E-state index < -0.39 is 0 Å². The average molecular weight is 1270 g/mol. The molecule has 466 valence electrons. The van der Waals surface area contributed by atoms with Crippen LogP contribution in [-0.2, 0) is 6.42 Å². The molecule has 0 atom stereocenters. The highest BCUT2D eigenvalue weighted by Gasteiger charge is 2.21. The van der Waals surface area contributed by atoms with E-state index in [1.54, 1.807) is 0 Å². The first-order valence-corrected chi connectivity index (χ1v) is 33.8. The predicted molar refractivity (Wildman–Crippen MR) is 412 cm³/mol. The first kappa shape index (κ1) is 58.5. The van der Waals surface area contributed by atoms with Crippen LogP contribution in [0.2, 0.25) is 0 Å². The number of imidazole rings is 1. The largest absolute Gasteiger partial charge is 0.309 e. The molecule has 0 saturated carbocycles. The molecule has 4 aromatic heterocycles. The van der Waals surface area contributed by atoms with Gasteiger partial charge in [0.25, 0.3) is 0 Å². The molecule has 0 unspecified atom stereocenters. The van der Waals surface area contributed by atoms with Gasteiger partial charge in [0.1, 0.15) is 5.82 Å². The van der Waals surface area contributed by atoms with Crippen molar-refractivity contribution in [2.24, 2.45) is 0 Å². The van der Waals surface area contributed by atoms with Crippen LogP contribution >= 0.6 is 0 Å². The second kappa shape index (κ2) is 24.9. The summed E-state index contributed by atoms with van der Waals surface area (Å²) in [7, 11) is 0. The molecule has 0 aliphatic heterocycles. The lowest BCUT2D eigenvalue weighted by molar-refractivity contribution is 0.908. The van der Waals surface area contributed by atoms with Crippen molar-refractivity contribution in [3.8, 4) is 95.7 Å². The van der Waals surface area contributed by atoms with Crippen LogP contribution in [-0.4, -0.2) is 33.6 Å². The monoisotopic (exact) mass is 1270 g/mol. The fourth-order valence-corrected chi connectivity index (χ4v) is 14.7. The van der Waals surface area contributed by atoms with Crippen LogP contribution in [0.5, 0.6) is 0 Å². The summed E-state index contributed by atoms with van der Waals surface area (Å²) in [6.45, 7) is 2.17. The molecular weight excluding hydrogens is 1200 g/mol. The van der Waals surface area contributed by atoms with Gasteiger partial charge in [0, 0.05) is 61.7 Å². The van der Waals surface area contributed by atoms with Crippen molar-refractivity contribution in [1.82, 2.24) is 33.6 Å². The van der Waals surface area contributed by atoms with Crippen molar-refractivity contribution in [2.75, 3.05) is 0 Å². The first-order chi connectivity index (χ1) is 49.1. The van der Waals surface area contributed by atoms with Gasteiger partial charge in [-0.1, -0.05) is 262 Å². The quantitative estimate of drug-likeness (QED) is 0.121.